The largest absolute Gasteiger partial charge is 1.00 e. The summed E-state index contributed by atoms with van der Waals surface area (Å²) in [6.45, 7) is 2.06. The minimum atomic E-state index is 0. The van der Waals surface area contributed by atoms with Gasteiger partial charge in [-0.1, -0.05) is 6.92 Å². The molecule has 1 heteroatoms. The molecular weight excluding hydrogens is 111 g/mol. The van der Waals surface area contributed by atoms with E-state index in [2.05, 4.69) is 25.2 Å². The predicted molar refractivity (Wildman–Crippen MR) is 26.2 cm³/mol. The third kappa shape index (κ3) is 2.83. The van der Waals surface area contributed by atoms with Crippen LogP contribution in [0, 0.1) is 6.08 Å². The molecule has 0 amide bonds. The summed E-state index contributed by atoms with van der Waals surface area (Å²) in [6.07, 6.45) is 8.33. The van der Waals surface area contributed by atoms with Gasteiger partial charge in [-0.3, -0.25) is 6.08 Å². The van der Waals surface area contributed by atoms with Gasteiger partial charge in [-0.2, -0.15) is 6.08 Å². The molecule has 1 rings (SSSR count). The molecule has 0 heterocycles. The second-order valence-corrected chi connectivity index (χ2v) is 1.47. The zero-order valence-electron chi connectivity index (χ0n) is 4.86. The molecule has 0 aromatic rings. The van der Waals surface area contributed by atoms with Crippen molar-refractivity contribution >= 4 is 0 Å². The van der Waals surface area contributed by atoms with Crippen LogP contribution in [-0.2, 0) is 0 Å². The Morgan fingerprint density at radius 1 is 1.71 bits per heavy atom. The normalized spacial score (nSPS) is 15.9. The van der Waals surface area contributed by atoms with Crippen LogP contribution in [0.3, 0.4) is 0 Å². The van der Waals surface area contributed by atoms with E-state index in [0.717, 1.165) is 6.42 Å². The maximum absolute atomic E-state index is 3.12. The van der Waals surface area contributed by atoms with Crippen LogP contribution in [-0.4, -0.2) is 0 Å². The molecule has 1 aliphatic carbocycles. The average molecular weight is 118 g/mol. The van der Waals surface area contributed by atoms with Gasteiger partial charge >= 0.3 is 51.4 Å². The van der Waals surface area contributed by atoms with Gasteiger partial charge in [0.15, 0.2) is 0 Å². The SMILES string of the molecule is CC1=[C-]CC=C1.[K+]. The third-order valence-corrected chi connectivity index (χ3v) is 0.867. The molecule has 0 fully saturated rings. The summed E-state index contributed by atoms with van der Waals surface area (Å²) in [5.41, 5.74) is 1.27. The van der Waals surface area contributed by atoms with E-state index in [9.17, 15) is 0 Å². The summed E-state index contributed by atoms with van der Waals surface area (Å²) in [6, 6.07) is 0. The summed E-state index contributed by atoms with van der Waals surface area (Å²) in [5.74, 6) is 0. The van der Waals surface area contributed by atoms with E-state index < -0.39 is 0 Å². The van der Waals surface area contributed by atoms with Crippen LogP contribution >= 0.6 is 0 Å². The van der Waals surface area contributed by atoms with Gasteiger partial charge in [0.25, 0.3) is 0 Å². The summed E-state index contributed by atoms with van der Waals surface area (Å²) in [4.78, 5) is 0. The van der Waals surface area contributed by atoms with Gasteiger partial charge in [0.2, 0.25) is 0 Å². The van der Waals surface area contributed by atoms with Gasteiger partial charge in [-0.15, -0.1) is 6.42 Å². The van der Waals surface area contributed by atoms with Crippen molar-refractivity contribution < 1.29 is 51.4 Å². The molecule has 0 radical (unpaired) electrons. The van der Waals surface area contributed by atoms with Crippen molar-refractivity contribution in [2.75, 3.05) is 0 Å². The van der Waals surface area contributed by atoms with Crippen LogP contribution in [0.25, 0.3) is 0 Å². The Bertz CT molecular complexity index is 98.0. The van der Waals surface area contributed by atoms with E-state index in [1.54, 1.807) is 0 Å². The molecule has 32 valence electrons. The Labute approximate surface area is 87.1 Å². The van der Waals surface area contributed by atoms with Gasteiger partial charge in [-0.05, 0) is 0 Å². The maximum atomic E-state index is 3.12. The van der Waals surface area contributed by atoms with Crippen molar-refractivity contribution in [1.82, 2.24) is 0 Å². The average Bonchev–Trinajstić information content (AvgIpc) is 1.86. The van der Waals surface area contributed by atoms with Crippen molar-refractivity contribution in [3.05, 3.63) is 23.8 Å². The van der Waals surface area contributed by atoms with Crippen molar-refractivity contribution in [3.8, 4) is 0 Å². The quantitative estimate of drug-likeness (QED) is 0.274. The molecule has 0 aromatic carbocycles. The second kappa shape index (κ2) is 4.04. The molecule has 0 atom stereocenters. The van der Waals surface area contributed by atoms with Crippen LogP contribution in [0.4, 0.5) is 0 Å². The van der Waals surface area contributed by atoms with E-state index in [1.807, 2.05) is 0 Å². The Balaban J connectivity index is 0.000000360. The molecule has 0 aliphatic heterocycles. The van der Waals surface area contributed by atoms with E-state index in [4.69, 9.17) is 0 Å². The first-order chi connectivity index (χ1) is 2.89. The summed E-state index contributed by atoms with van der Waals surface area (Å²) >= 11 is 0. The molecule has 0 N–H and O–H groups in total. The zero-order chi connectivity index (χ0) is 4.41. The maximum Gasteiger partial charge on any atom is 1.00 e. The Morgan fingerprint density at radius 3 is 2.57 bits per heavy atom. The van der Waals surface area contributed by atoms with Gasteiger partial charge in [0.05, 0.1) is 0 Å². The van der Waals surface area contributed by atoms with Gasteiger partial charge in [0, 0.05) is 0 Å². The van der Waals surface area contributed by atoms with E-state index >= 15 is 0 Å². The third-order valence-electron chi connectivity index (χ3n) is 0.867. The summed E-state index contributed by atoms with van der Waals surface area (Å²) in [5, 5.41) is 0. The van der Waals surface area contributed by atoms with Gasteiger partial charge in [0.1, 0.15) is 0 Å². The predicted octanol–water partition coefficient (Wildman–Crippen LogP) is -1.30. The summed E-state index contributed by atoms with van der Waals surface area (Å²) in [7, 11) is 0. The molecule has 0 aromatic heterocycles. The van der Waals surface area contributed by atoms with Crippen molar-refractivity contribution in [2.24, 2.45) is 0 Å². The molecule has 0 saturated carbocycles. The standard InChI is InChI=1S/C6H7.K/c1-6-4-2-3-5-6;/h2,4H,3H2,1H3;/q-1;+1. The molecule has 0 nitrogen and oxygen atoms in total. The molecule has 0 spiro atoms. The van der Waals surface area contributed by atoms with E-state index in [0.29, 0.717) is 0 Å². The first-order valence-corrected chi connectivity index (χ1v) is 2.13. The zero-order valence-corrected chi connectivity index (χ0v) is 7.98. The molecule has 7 heavy (non-hydrogen) atoms. The van der Waals surface area contributed by atoms with Crippen LogP contribution in [0.5, 0.6) is 0 Å². The van der Waals surface area contributed by atoms with Crippen LogP contribution in [0.1, 0.15) is 13.3 Å². The van der Waals surface area contributed by atoms with Crippen molar-refractivity contribution in [1.29, 1.82) is 0 Å². The minimum Gasteiger partial charge on any atom is -0.270 e. The first kappa shape index (κ1) is 8.12. The van der Waals surface area contributed by atoms with Gasteiger partial charge in [-0.25, -0.2) is 11.6 Å². The first-order valence-electron chi connectivity index (χ1n) is 2.13. The van der Waals surface area contributed by atoms with E-state index in [-0.39, 0.29) is 51.4 Å². The fourth-order valence-corrected chi connectivity index (χ4v) is 0.515. The number of hydrogen-bond donors (Lipinski definition) is 0. The van der Waals surface area contributed by atoms with Crippen molar-refractivity contribution in [3.63, 3.8) is 0 Å². The topological polar surface area (TPSA) is 0 Å². The Hall–Kier alpha value is 1.12. The number of hydrogen-bond acceptors (Lipinski definition) is 0. The van der Waals surface area contributed by atoms with Gasteiger partial charge < -0.3 is 0 Å². The minimum absolute atomic E-state index is 0. The second-order valence-electron chi connectivity index (χ2n) is 1.47. The van der Waals surface area contributed by atoms with Crippen LogP contribution in [0.15, 0.2) is 17.7 Å². The molecular formula is C6H7K. The smallest absolute Gasteiger partial charge is 0.270 e. The summed E-state index contributed by atoms with van der Waals surface area (Å²) < 4.78 is 0. The fraction of sp³-hybridized carbons (Fsp3) is 0.333. The van der Waals surface area contributed by atoms with Crippen molar-refractivity contribution in [2.45, 2.75) is 13.3 Å². The Morgan fingerprint density at radius 2 is 2.43 bits per heavy atom. The number of allylic oxidation sites excluding steroid dienone is 4. The molecule has 0 unspecified atom stereocenters. The molecule has 0 saturated heterocycles. The number of rotatable bonds is 0. The van der Waals surface area contributed by atoms with E-state index in [1.165, 1.54) is 5.57 Å². The molecule has 0 bridgehead atoms. The van der Waals surface area contributed by atoms with Crippen LogP contribution in [0.2, 0.25) is 0 Å². The van der Waals surface area contributed by atoms with Crippen LogP contribution < -0.4 is 51.4 Å². The monoisotopic (exact) mass is 118 g/mol. The fourth-order valence-electron chi connectivity index (χ4n) is 0.515. The Kier molecular flexibility index (Phi) is 4.69. The molecule has 1 aliphatic rings.